The van der Waals surface area contributed by atoms with Crippen LogP contribution in [0.4, 0.5) is 0 Å². The van der Waals surface area contributed by atoms with Gasteiger partial charge >= 0.3 is 0 Å². The van der Waals surface area contributed by atoms with E-state index in [0.29, 0.717) is 6.10 Å². The van der Waals surface area contributed by atoms with Gasteiger partial charge in [-0.3, -0.25) is 0 Å². The average Bonchev–Trinajstić information content (AvgIpc) is 2.72. The first kappa shape index (κ1) is 12.0. The molecule has 1 aromatic carbocycles. The van der Waals surface area contributed by atoms with E-state index < -0.39 is 0 Å². The third-order valence-electron chi connectivity index (χ3n) is 2.93. The highest BCUT2D eigenvalue weighted by Gasteiger charge is 2.23. The SMILES string of the molecule is NC1CCCC1OCCSc1ccccc1. The molecule has 0 amide bonds. The molecule has 0 radical (unpaired) electrons. The Morgan fingerprint density at radius 2 is 2.06 bits per heavy atom. The maximum absolute atomic E-state index is 5.94. The second-order valence-electron chi connectivity index (χ2n) is 4.17. The number of hydrogen-bond donors (Lipinski definition) is 1. The summed E-state index contributed by atoms with van der Waals surface area (Å²) in [6.07, 6.45) is 3.78. The zero-order chi connectivity index (χ0) is 11.2. The molecule has 2 atom stereocenters. The predicted molar refractivity (Wildman–Crippen MR) is 68.7 cm³/mol. The van der Waals surface area contributed by atoms with E-state index in [2.05, 4.69) is 24.3 Å². The number of thioether (sulfide) groups is 1. The fourth-order valence-electron chi connectivity index (χ4n) is 2.04. The van der Waals surface area contributed by atoms with E-state index in [9.17, 15) is 0 Å². The molecule has 88 valence electrons. The van der Waals surface area contributed by atoms with Crippen molar-refractivity contribution >= 4 is 11.8 Å². The predicted octanol–water partition coefficient (Wildman–Crippen LogP) is 2.68. The van der Waals surface area contributed by atoms with Gasteiger partial charge in [0.1, 0.15) is 0 Å². The van der Waals surface area contributed by atoms with Crippen LogP contribution >= 0.6 is 11.8 Å². The zero-order valence-electron chi connectivity index (χ0n) is 9.47. The molecule has 1 aliphatic rings. The van der Waals surface area contributed by atoms with E-state index in [0.717, 1.165) is 25.2 Å². The lowest BCUT2D eigenvalue weighted by molar-refractivity contribution is 0.0594. The number of ether oxygens (including phenoxy) is 1. The van der Waals surface area contributed by atoms with Crippen molar-refractivity contribution < 1.29 is 4.74 Å². The quantitative estimate of drug-likeness (QED) is 0.631. The van der Waals surface area contributed by atoms with Crippen LogP contribution in [0.5, 0.6) is 0 Å². The fourth-order valence-corrected chi connectivity index (χ4v) is 2.80. The largest absolute Gasteiger partial charge is 0.376 e. The average molecular weight is 237 g/mol. The summed E-state index contributed by atoms with van der Waals surface area (Å²) < 4.78 is 5.79. The van der Waals surface area contributed by atoms with Crippen molar-refractivity contribution in [1.82, 2.24) is 0 Å². The Morgan fingerprint density at radius 3 is 2.75 bits per heavy atom. The molecule has 0 aliphatic heterocycles. The standard InChI is InChI=1S/C13H19NOS/c14-12-7-4-8-13(12)15-9-10-16-11-5-2-1-3-6-11/h1-3,5-6,12-13H,4,7-10,14H2. The van der Waals surface area contributed by atoms with Crippen LogP contribution in [-0.2, 0) is 4.74 Å². The van der Waals surface area contributed by atoms with Crippen LogP contribution in [0.25, 0.3) is 0 Å². The summed E-state index contributed by atoms with van der Waals surface area (Å²) in [7, 11) is 0. The lowest BCUT2D eigenvalue weighted by atomic mass is 10.2. The van der Waals surface area contributed by atoms with Gasteiger partial charge in [0.15, 0.2) is 0 Å². The molecule has 0 saturated heterocycles. The molecule has 0 bridgehead atoms. The minimum atomic E-state index is 0.265. The van der Waals surface area contributed by atoms with E-state index in [1.165, 1.54) is 11.3 Å². The number of nitrogens with two attached hydrogens (primary N) is 1. The summed E-state index contributed by atoms with van der Waals surface area (Å²) in [5, 5.41) is 0. The van der Waals surface area contributed by atoms with Gasteiger partial charge in [-0.2, -0.15) is 0 Å². The lowest BCUT2D eigenvalue weighted by Crippen LogP contribution is -2.31. The topological polar surface area (TPSA) is 35.2 Å². The molecule has 0 aromatic heterocycles. The normalized spacial score (nSPS) is 24.8. The molecule has 3 heteroatoms. The Morgan fingerprint density at radius 1 is 1.25 bits per heavy atom. The molecule has 2 rings (SSSR count). The number of rotatable bonds is 5. The molecular weight excluding hydrogens is 218 g/mol. The van der Waals surface area contributed by atoms with Crippen molar-refractivity contribution in [3.05, 3.63) is 30.3 Å². The fraction of sp³-hybridized carbons (Fsp3) is 0.538. The smallest absolute Gasteiger partial charge is 0.0726 e. The van der Waals surface area contributed by atoms with Gasteiger partial charge in [-0.1, -0.05) is 18.2 Å². The molecule has 1 saturated carbocycles. The van der Waals surface area contributed by atoms with Crippen LogP contribution < -0.4 is 5.73 Å². The molecule has 0 heterocycles. The second-order valence-corrected chi connectivity index (χ2v) is 5.33. The van der Waals surface area contributed by atoms with E-state index >= 15 is 0 Å². The Bertz CT molecular complexity index is 304. The summed E-state index contributed by atoms with van der Waals surface area (Å²) in [6.45, 7) is 0.803. The molecular formula is C13H19NOS. The second kappa shape index (κ2) is 6.28. The van der Waals surface area contributed by atoms with Gasteiger partial charge in [0, 0.05) is 16.7 Å². The maximum Gasteiger partial charge on any atom is 0.0726 e. The first-order valence-electron chi connectivity index (χ1n) is 5.91. The van der Waals surface area contributed by atoms with Crippen LogP contribution in [0.3, 0.4) is 0 Å². The number of benzene rings is 1. The molecule has 0 spiro atoms. The van der Waals surface area contributed by atoms with Crippen LogP contribution in [0, 0.1) is 0 Å². The Labute approximate surface area is 102 Å². The molecule has 2 unspecified atom stereocenters. The van der Waals surface area contributed by atoms with Gasteiger partial charge in [-0.25, -0.2) is 0 Å². The van der Waals surface area contributed by atoms with Crippen molar-refractivity contribution in [2.45, 2.75) is 36.3 Å². The van der Waals surface area contributed by atoms with Crippen LogP contribution in [0.2, 0.25) is 0 Å². The van der Waals surface area contributed by atoms with Gasteiger partial charge < -0.3 is 10.5 Å². The van der Waals surface area contributed by atoms with E-state index in [-0.39, 0.29) is 6.04 Å². The minimum absolute atomic E-state index is 0.265. The molecule has 1 aromatic rings. The monoisotopic (exact) mass is 237 g/mol. The van der Waals surface area contributed by atoms with Crippen molar-refractivity contribution in [3.8, 4) is 0 Å². The van der Waals surface area contributed by atoms with Gasteiger partial charge in [0.05, 0.1) is 12.7 Å². The Kier molecular flexibility index (Phi) is 4.69. The lowest BCUT2D eigenvalue weighted by Gasteiger charge is -2.15. The summed E-state index contributed by atoms with van der Waals surface area (Å²) in [4.78, 5) is 1.31. The van der Waals surface area contributed by atoms with Crippen LogP contribution in [-0.4, -0.2) is 24.5 Å². The van der Waals surface area contributed by atoms with Crippen molar-refractivity contribution in [3.63, 3.8) is 0 Å². The Balaban J connectivity index is 1.62. The third kappa shape index (κ3) is 3.51. The molecule has 16 heavy (non-hydrogen) atoms. The highest BCUT2D eigenvalue weighted by atomic mass is 32.2. The van der Waals surface area contributed by atoms with Crippen LogP contribution in [0.1, 0.15) is 19.3 Å². The summed E-state index contributed by atoms with van der Waals surface area (Å²) >= 11 is 1.84. The minimum Gasteiger partial charge on any atom is -0.376 e. The van der Waals surface area contributed by atoms with E-state index in [1.54, 1.807) is 0 Å². The van der Waals surface area contributed by atoms with E-state index in [4.69, 9.17) is 10.5 Å². The van der Waals surface area contributed by atoms with Crippen molar-refractivity contribution in [2.24, 2.45) is 5.73 Å². The van der Waals surface area contributed by atoms with Gasteiger partial charge in [-0.05, 0) is 31.4 Å². The van der Waals surface area contributed by atoms with Crippen molar-refractivity contribution in [1.29, 1.82) is 0 Å². The first-order valence-corrected chi connectivity index (χ1v) is 6.90. The molecule has 2 nitrogen and oxygen atoms in total. The highest BCUT2D eigenvalue weighted by Crippen LogP contribution is 2.21. The molecule has 1 aliphatic carbocycles. The molecule has 2 N–H and O–H groups in total. The maximum atomic E-state index is 5.94. The van der Waals surface area contributed by atoms with Gasteiger partial charge in [0.25, 0.3) is 0 Å². The van der Waals surface area contributed by atoms with E-state index in [1.807, 2.05) is 17.8 Å². The zero-order valence-corrected chi connectivity index (χ0v) is 10.3. The van der Waals surface area contributed by atoms with Crippen molar-refractivity contribution in [2.75, 3.05) is 12.4 Å². The summed E-state index contributed by atoms with van der Waals surface area (Å²) in [6, 6.07) is 10.7. The number of hydrogen-bond acceptors (Lipinski definition) is 3. The summed E-state index contributed by atoms with van der Waals surface area (Å²) in [5.41, 5.74) is 5.94. The van der Waals surface area contributed by atoms with Gasteiger partial charge in [-0.15, -0.1) is 11.8 Å². The first-order chi connectivity index (χ1) is 7.86. The van der Waals surface area contributed by atoms with Crippen LogP contribution in [0.15, 0.2) is 35.2 Å². The Hall–Kier alpha value is -0.510. The third-order valence-corrected chi connectivity index (χ3v) is 3.91. The highest BCUT2D eigenvalue weighted by molar-refractivity contribution is 7.99. The van der Waals surface area contributed by atoms with Gasteiger partial charge in [0.2, 0.25) is 0 Å². The summed E-state index contributed by atoms with van der Waals surface area (Å²) in [5.74, 6) is 1.01. The molecule has 1 fully saturated rings.